The van der Waals surface area contributed by atoms with Gasteiger partial charge in [0.2, 0.25) is 0 Å². The predicted octanol–water partition coefficient (Wildman–Crippen LogP) is 5.05. The van der Waals surface area contributed by atoms with Crippen molar-refractivity contribution in [2.45, 2.75) is 13.1 Å². The van der Waals surface area contributed by atoms with Crippen LogP contribution in [-0.4, -0.2) is 16.0 Å². The molecule has 0 aliphatic heterocycles. The maximum absolute atomic E-state index is 12.8. The van der Waals surface area contributed by atoms with Crippen molar-refractivity contribution >= 4 is 34.7 Å². The average molecular weight is 397 g/mol. The summed E-state index contributed by atoms with van der Waals surface area (Å²) in [5.74, 6) is 0.325. The molecule has 6 nitrogen and oxygen atoms in total. The normalized spacial score (nSPS) is 11.3. The van der Waals surface area contributed by atoms with Crippen molar-refractivity contribution in [2.75, 3.05) is 10.6 Å². The third-order valence-electron chi connectivity index (χ3n) is 3.43. The second-order valence-corrected chi connectivity index (χ2v) is 5.93. The summed E-state index contributed by atoms with van der Waals surface area (Å²) in [7, 11) is 0. The molecule has 140 valence electrons. The summed E-state index contributed by atoms with van der Waals surface area (Å²) in [6.45, 7) is 1.72. The third kappa shape index (κ3) is 4.56. The van der Waals surface area contributed by atoms with E-state index in [1.807, 2.05) is 0 Å². The van der Waals surface area contributed by atoms with Crippen molar-refractivity contribution < 1.29 is 22.5 Å². The lowest BCUT2D eigenvalue weighted by Gasteiger charge is -2.12. The molecule has 0 unspecified atom stereocenters. The van der Waals surface area contributed by atoms with E-state index in [1.54, 1.807) is 19.1 Å². The van der Waals surface area contributed by atoms with Gasteiger partial charge in [-0.25, -0.2) is 0 Å². The Bertz CT molecular complexity index is 988. The molecule has 10 heteroatoms. The predicted molar refractivity (Wildman–Crippen MR) is 93.2 cm³/mol. The Hall–Kier alpha value is -3.07. The first-order valence-electron chi connectivity index (χ1n) is 7.57. The number of aromatic nitrogens is 2. The van der Waals surface area contributed by atoms with E-state index in [-0.39, 0.29) is 16.4 Å². The summed E-state index contributed by atoms with van der Waals surface area (Å²) in [6.07, 6.45) is -3.18. The van der Waals surface area contributed by atoms with E-state index in [1.165, 1.54) is 12.3 Å². The Morgan fingerprint density at radius 1 is 1.19 bits per heavy atom. The van der Waals surface area contributed by atoms with Crippen molar-refractivity contribution in [1.29, 1.82) is 0 Å². The molecule has 27 heavy (non-hydrogen) atoms. The number of anilines is 3. The summed E-state index contributed by atoms with van der Waals surface area (Å²) in [5, 5.41) is 9.01. The first-order valence-corrected chi connectivity index (χ1v) is 7.94. The van der Waals surface area contributed by atoms with Crippen LogP contribution in [0.3, 0.4) is 0 Å². The number of rotatable bonds is 4. The Morgan fingerprint density at radius 3 is 2.63 bits per heavy atom. The molecule has 0 spiro atoms. The van der Waals surface area contributed by atoms with Gasteiger partial charge in [-0.2, -0.15) is 13.2 Å². The molecule has 0 bridgehead atoms. The Balaban J connectivity index is 1.79. The van der Waals surface area contributed by atoms with E-state index in [4.69, 9.17) is 16.1 Å². The zero-order valence-electron chi connectivity index (χ0n) is 13.8. The minimum Gasteiger partial charge on any atom is -0.360 e. The van der Waals surface area contributed by atoms with E-state index in [0.29, 0.717) is 17.3 Å². The van der Waals surface area contributed by atoms with Crippen LogP contribution in [0, 0.1) is 6.92 Å². The van der Waals surface area contributed by atoms with Gasteiger partial charge in [-0.05, 0) is 37.3 Å². The number of hydrogen-bond donors (Lipinski definition) is 2. The fraction of sp³-hybridized carbons (Fsp3) is 0.118. The molecule has 0 atom stereocenters. The molecule has 3 aromatic rings. The van der Waals surface area contributed by atoms with Crippen LogP contribution in [0.25, 0.3) is 0 Å². The van der Waals surface area contributed by atoms with Crippen molar-refractivity contribution in [1.82, 2.24) is 10.1 Å². The van der Waals surface area contributed by atoms with Crippen molar-refractivity contribution in [3.8, 4) is 0 Å². The van der Waals surface area contributed by atoms with Crippen molar-refractivity contribution in [2.24, 2.45) is 0 Å². The number of benzene rings is 1. The minimum atomic E-state index is -4.55. The first-order chi connectivity index (χ1) is 12.7. The van der Waals surface area contributed by atoms with Crippen LogP contribution in [0.15, 0.2) is 47.1 Å². The Labute approximate surface area is 156 Å². The van der Waals surface area contributed by atoms with E-state index in [2.05, 4.69) is 20.8 Å². The van der Waals surface area contributed by atoms with Gasteiger partial charge in [0, 0.05) is 18.0 Å². The number of halogens is 4. The van der Waals surface area contributed by atoms with Crippen LogP contribution in [0.2, 0.25) is 5.02 Å². The van der Waals surface area contributed by atoms with Gasteiger partial charge in [0.1, 0.15) is 11.5 Å². The molecule has 2 aromatic heterocycles. The summed E-state index contributed by atoms with van der Waals surface area (Å²) in [4.78, 5) is 16.3. The van der Waals surface area contributed by atoms with Crippen LogP contribution in [0.1, 0.15) is 21.8 Å². The zero-order valence-corrected chi connectivity index (χ0v) is 14.5. The molecular formula is C17H12ClF3N4O2. The zero-order chi connectivity index (χ0) is 19.6. The van der Waals surface area contributed by atoms with Crippen LogP contribution in [0.4, 0.5) is 30.4 Å². The lowest BCUT2D eigenvalue weighted by Crippen LogP contribution is -2.15. The fourth-order valence-electron chi connectivity index (χ4n) is 2.19. The number of pyridine rings is 1. The number of nitrogens with zero attached hydrogens (tertiary/aromatic N) is 2. The molecular weight excluding hydrogens is 385 g/mol. The van der Waals surface area contributed by atoms with Crippen LogP contribution < -0.4 is 10.6 Å². The van der Waals surface area contributed by atoms with Crippen LogP contribution >= 0.6 is 11.6 Å². The number of carbonyl (C=O) groups is 1. The van der Waals surface area contributed by atoms with Gasteiger partial charge in [-0.1, -0.05) is 16.8 Å². The van der Waals surface area contributed by atoms with Gasteiger partial charge in [0.15, 0.2) is 5.82 Å². The number of alkyl halides is 3. The van der Waals surface area contributed by atoms with Gasteiger partial charge >= 0.3 is 6.18 Å². The van der Waals surface area contributed by atoms with Crippen LogP contribution in [0.5, 0.6) is 0 Å². The van der Waals surface area contributed by atoms with Gasteiger partial charge in [-0.3, -0.25) is 9.78 Å². The lowest BCUT2D eigenvalue weighted by atomic mass is 10.2. The van der Waals surface area contributed by atoms with Crippen molar-refractivity contribution in [3.05, 3.63) is 64.6 Å². The highest BCUT2D eigenvalue weighted by Gasteiger charge is 2.31. The summed E-state index contributed by atoms with van der Waals surface area (Å²) >= 11 is 5.89. The van der Waals surface area contributed by atoms with E-state index in [0.717, 1.165) is 18.2 Å². The summed E-state index contributed by atoms with van der Waals surface area (Å²) in [6, 6.07) is 7.33. The summed E-state index contributed by atoms with van der Waals surface area (Å²) < 4.78 is 43.4. The molecule has 0 radical (unpaired) electrons. The topological polar surface area (TPSA) is 80.0 Å². The number of carbonyl (C=O) groups excluding carboxylic acids is 1. The fourth-order valence-corrected chi connectivity index (χ4v) is 2.35. The molecule has 0 aliphatic rings. The lowest BCUT2D eigenvalue weighted by molar-refractivity contribution is -0.137. The minimum absolute atomic E-state index is 0.0197. The first kappa shape index (κ1) is 18.7. The molecule has 1 amide bonds. The second-order valence-electron chi connectivity index (χ2n) is 5.52. The van der Waals surface area contributed by atoms with Gasteiger partial charge in [0.05, 0.1) is 16.3 Å². The van der Waals surface area contributed by atoms with Gasteiger partial charge < -0.3 is 15.2 Å². The SMILES string of the molecule is Cc1cc(Nc2ccnc(C(=O)Nc3cc(C(F)(F)F)ccc3Cl)c2)no1. The maximum atomic E-state index is 12.8. The number of hydrogen-bond acceptors (Lipinski definition) is 5. The number of aryl methyl sites for hydroxylation is 1. The van der Waals surface area contributed by atoms with Gasteiger partial charge in [-0.15, -0.1) is 0 Å². The Morgan fingerprint density at radius 2 is 1.96 bits per heavy atom. The highest BCUT2D eigenvalue weighted by molar-refractivity contribution is 6.33. The smallest absolute Gasteiger partial charge is 0.360 e. The average Bonchev–Trinajstić information content (AvgIpc) is 3.01. The molecule has 2 heterocycles. The quantitative estimate of drug-likeness (QED) is 0.645. The second kappa shape index (κ2) is 7.28. The molecule has 1 aromatic carbocycles. The Kier molecular flexibility index (Phi) is 5.04. The van der Waals surface area contributed by atoms with E-state index < -0.39 is 17.6 Å². The number of amides is 1. The maximum Gasteiger partial charge on any atom is 0.416 e. The highest BCUT2D eigenvalue weighted by atomic mass is 35.5. The summed E-state index contributed by atoms with van der Waals surface area (Å²) in [5.41, 5.74) is -0.608. The molecule has 0 fully saturated rings. The van der Waals surface area contributed by atoms with E-state index in [9.17, 15) is 18.0 Å². The molecule has 0 saturated heterocycles. The molecule has 3 rings (SSSR count). The van der Waals surface area contributed by atoms with Crippen LogP contribution in [-0.2, 0) is 6.18 Å². The van der Waals surface area contributed by atoms with Gasteiger partial charge in [0.25, 0.3) is 5.91 Å². The van der Waals surface area contributed by atoms with Crippen molar-refractivity contribution in [3.63, 3.8) is 0 Å². The monoisotopic (exact) mass is 396 g/mol. The van der Waals surface area contributed by atoms with E-state index >= 15 is 0 Å². The molecule has 0 aliphatic carbocycles. The molecule has 2 N–H and O–H groups in total. The number of nitrogens with one attached hydrogen (secondary N) is 2. The highest BCUT2D eigenvalue weighted by Crippen LogP contribution is 2.34. The molecule has 0 saturated carbocycles. The standard InChI is InChI=1S/C17H12ClF3N4O2/c1-9-6-15(25-27-9)23-11-4-5-22-14(8-11)16(26)24-13-7-10(17(19,20)21)2-3-12(13)18/h2-8H,1H3,(H,24,26)(H,22,23,25). The third-order valence-corrected chi connectivity index (χ3v) is 3.76. The largest absolute Gasteiger partial charge is 0.416 e.